The van der Waals surface area contributed by atoms with Gasteiger partial charge < -0.3 is 5.11 Å². The number of aromatic nitrogens is 1. The van der Waals surface area contributed by atoms with Gasteiger partial charge >= 0.3 is 5.97 Å². The van der Waals surface area contributed by atoms with Crippen molar-refractivity contribution in [2.45, 2.75) is 56.3 Å². The fraction of sp³-hybridized carbons (Fsp3) is 0.481. The number of halogens is 1. The third-order valence-corrected chi connectivity index (χ3v) is 10.5. The highest BCUT2D eigenvalue weighted by molar-refractivity contribution is 7.89. The van der Waals surface area contributed by atoms with Gasteiger partial charge in [0.1, 0.15) is 5.82 Å². The molecule has 35 heavy (non-hydrogen) atoms. The van der Waals surface area contributed by atoms with Gasteiger partial charge in [-0.2, -0.15) is 0 Å². The van der Waals surface area contributed by atoms with Gasteiger partial charge in [-0.1, -0.05) is 19.1 Å². The summed E-state index contributed by atoms with van der Waals surface area (Å²) in [7, 11) is -2.31. The largest absolute Gasteiger partial charge is 0.481 e. The predicted octanol–water partition coefficient (Wildman–Crippen LogP) is 4.87. The van der Waals surface area contributed by atoms with Crippen LogP contribution in [0, 0.1) is 23.1 Å². The summed E-state index contributed by atoms with van der Waals surface area (Å²) >= 11 is 0. The monoisotopic (exact) mass is 498 g/mol. The molecular weight excluding hydrogens is 467 g/mol. The minimum Gasteiger partial charge on any atom is -0.481 e. The van der Waals surface area contributed by atoms with Crippen LogP contribution >= 0.6 is 0 Å². The Labute approximate surface area is 205 Å². The van der Waals surface area contributed by atoms with E-state index in [4.69, 9.17) is 5.11 Å². The van der Waals surface area contributed by atoms with Gasteiger partial charge in [0.15, 0.2) is 0 Å². The van der Waals surface area contributed by atoms with Crippen LogP contribution in [0.2, 0.25) is 0 Å². The molecule has 0 aliphatic heterocycles. The number of sulfonamides is 1. The van der Waals surface area contributed by atoms with Crippen LogP contribution in [0.4, 0.5) is 4.39 Å². The average molecular weight is 499 g/mol. The summed E-state index contributed by atoms with van der Waals surface area (Å²) in [6, 6.07) is 7.04. The lowest BCUT2D eigenvalue weighted by Crippen LogP contribution is -2.41. The normalized spacial score (nSPS) is 27.7. The zero-order valence-corrected chi connectivity index (χ0v) is 20.9. The molecular formula is C27H31FN2O4S. The van der Waals surface area contributed by atoms with Crippen molar-refractivity contribution in [1.82, 2.24) is 9.29 Å². The molecule has 1 aromatic heterocycles. The Bertz CT molecular complexity index is 1310. The van der Waals surface area contributed by atoms with Crippen LogP contribution in [0.1, 0.15) is 61.6 Å². The average Bonchev–Trinajstić information content (AvgIpc) is 3.19. The summed E-state index contributed by atoms with van der Waals surface area (Å²) in [6.45, 7) is 2.26. The zero-order valence-electron chi connectivity index (χ0n) is 20.1. The molecule has 1 fully saturated rings. The van der Waals surface area contributed by atoms with E-state index < -0.39 is 16.0 Å². The topological polar surface area (TPSA) is 87.6 Å². The summed E-state index contributed by atoms with van der Waals surface area (Å²) in [6.07, 6.45) is 9.86. The van der Waals surface area contributed by atoms with Gasteiger partial charge in [-0.25, -0.2) is 17.1 Å². The maximum Gasteiger partial charge on any atom is 0.304 e. The highest BCUT2D eigenvalue weighted by Gasteiger charge is 2.52. The van der Waals surface area contributed by atoms with Crippen molar-refractivity contribution in [3.8, 4) is 0 Å². The number of benzene rings is 1. The van der Waals surface area contributed by atoms with Crippen molar-refractivity contribution in [2.24, 2.45) is 17.3 Å². The van der Waals surface area contributed by atoms with E-state index in [2.05, 4.69) is 18.0 Å². The number of carbonyl (C=O) groups is 1. The minimum atomic E-state index is -3.74. The van der Waals surface area contributed by atoms with Gasteiger partial charge in [0, 0.05) is 19.8 Å². The van der Waals surface area contributed by atoms with E-state index in [0.29, 0.717) is 17.8 Å². The second kappa shape index (κ2) is 8.82. The fourth-order valence-electron chi connectivity index (χ4n) is 6.85. The van der Waals surface area contributed by atoms with Crippen LogP contribution in [0.15, 0.2) is 47.6 Å². The molecule has 4 atom stereocenters. The van der Waals surface area contributed by atoms with Crippen molar-refractivity contribution in [1.29, 1.82) is 0 Å². The predicted molar refractivity (Wildman–Crippen MR) is 131 cm³/mol. The van der Waals surface area contributed by atoms with Crippen LogP contribution in [-0.4, -0.2) is 42.4 Å². The molecule has 0 amide bonds. The number of fused-ring (bicyclic) bond motifs is 5. The fourth-order valence-corrected chi connectivity index (χ4v) is 8.07. The van der Waals surface area contributed by atoms with Gasteiger partial charge in [-0.3, -0.25) is 9.78 Å². The third kappa shape index (κ3) is 4.10. The molecule has 6 nitrogen and oxygen atoms in total. The Balaban J connectivity index is 1.39. The lowest BCUT2D eigenvalue weighted by Gasteiger charge is -2.50. The molecule has 1 N–H and O–H groups in total. The van der Waals surface area contributed by atoms with Gasteiger partial charge in [0.2, 0.25) is 10.0 Å². The van der Waals surface area contributed by atoms with E-state index in [0.717, 1.165) is 47.5 Å². The number of pyridine rings is 1. The molecule has 0 radical (unpaired) electrons. The molecule has 3 aliphatic carbocycles. The molecule has 1 heterocycles. The number of aliphatic carboxylic acids is 1. The molecule has 1 aromatic carbocycles. The second-order valence-electron chi connectivity index (χ2n) is 10.4. The number of nitrogens with zero attached hydrogens (tertiary/aromatic N) is 2. The smallest absolute Gasteiger partial charge is 0.304 e. The van der Waals surface area contributed by atoms with Crippen molar-refractivity contribution in [2.75, 3.05) is 13.6 Å². The maximum absolute atomic E-state index is 13.9. The SMILES string of the molecule is CN(CCC(=O)O)S(=O)(=O)c1ccc2c(c1)CC[C@@H]1[C@@H]2CC[C@]2(C)C(c3cncc(F)c3)=CC[C@@H]12. The van der Waals surface area contributed by atoms with Gasteiger partial charge in [-0.05, 0) is 95.7 Å². The first kappa shape index (κ1) is 24.1. The Morgan fingerprint density at radius 3 is 2.80 bits per heavy atom. The van der Waals surface area contributed by atoms with Gasteiger partial charge in [-0.15, -0.1) is 0 Å². The third-order valence-electron chi connectivity index (χ3n) is 8.64. The number of hydrogen-bond acceptors (Lipinski definition) is 4. The van der Waals surface area contributed by atoms with Crippen molar-refractivity contribution >= 4 is 21.6 Å². The molecule has 8 heteroatoms. The molecule has 5 rings (SSSR count). The van der Waals surface area contributed by atoms with Crippen LogP contribution in [-0.2, 0) is 21.2 Å². The number of rotatable bonds is 6. The summed E-state index contributed by atoms with van der Waals surface area (Å²) in [5.41, 5.74) is 4.42. The first-order valence-corrected chi connectivity index (χ1v) is 13.7. The second-order valence-corrected chi connectivity index (χ2v) is 12.5. The summed E-state index contributed by atoms with van der Waals surface area (Å²) in [5.74, 6) is 0.0216. The van der Waals surface area contributed by atoms with Crippen LogP contribution < -0.4 is 0 Å². The number of hydrogen-bond donors (Lipinski definition) is 1. The lowest BCUT2D eigenvalue weighted by molar-refractivity contribution is -0.137. The Morgan fingerprint density at radius 1 is 1.26 bits per heavy atom. The summed E-state index contributed by atoms with van der Waals surface area (Å²) in [5, 5.41) is 8.90. The lowest BCUT2D eigenvalue weighted by atomic mass is 9.54. The standard InChI is InChI=1S/C27H31FN2O4S/c1-27-11-9-22-21-6-4-20(35(33,34)30(2)12-10-26(31)32)14-17(21)3-5-23(22)25(27)8-7-24(27)18-13-19(28)16-29-15-18/h4,6-7,13-16,22-23,25H,3,5,8-12H2,1-2H3,(H,31,32)/t22-,23-,25+,27-/m1/s1. The Hall–Kier alpha value is -2.58. The van der Waals surface area contributed by atoms with E-state index in [-0.39, 0.29) is 29.1 Å². The van der Waals surface area contributed by atoms with Crippen molar-refractivity contribution in [3.05, 3.63) is 65.2 Å². The highest BCUT2D eigenvalue weighted by atomic mass is 32.2. The highest BCUT2D eigenvalue weighted by Crippen LogP contribution is 2.63. The van der Waals surface area contributed by atoms with E-state index in [1.807, 2.05) is 6.07 Å². The van der Waals surface area contributed by atoms with E-state index in [1.54, 1.807) is 24.4 Å². The summed E-state index contributed by atoms with van der Waals surface area (Å²) < 4.78 is 41.0. The Kier molecular flexibility index (Phi) is 6.08. The first-order valence-electron chi connectivity index (χ1n) is 12.2. The molecule has 0 spiro atoms. The van der Waals surface area contributed by atoms with Gasteiger partial charge in [0.05, 0.1) is 17.5 Å². The van der Waals surface area contributed by atoms with Crippen molar-refractivity contribution < 1.29 is 22.7 Å². The van der Waals surface area contributed by atoms with E-state index >= 15 is 0 Å². The van der Waals surface area contributed by atoms with E-state index in [1.165, 1.54) is 24.4 Å². The zero-order chi connectivity index (χ0) is 25.0. The molecule has 0 saturated heterocycles. The van der Waals surface area contributed by atoms with Crippen molar-refractivity contribution in [3.63, 3.8) is 0 Å². The number of carboxylic acids is 1. The molecule has 3 aliphatic rings. The molecule has 186 valence electrons. The summed E-state index contributed by atoms with van der Waals surface area (Å²) in [4.78, 5) is 15.2. The Morgan fingerprint density at radius 2 is 2.06 bits per heavy atom. The minimum absolute atomic E-state index is 0.00965. The van der Waals surface area contributed by atoms with E-state index in [9.17, 15) is 17.6 Å². The number of carboxylic acid groups (broad SMARTS) is 1. The molecule has 0 unspecified atom stereocenters. The first-order chi connectivity index (χ1) is 16.6. The molecule has 2 aromatic rings. The van der Waals surface area contributed by atoms with Crippen LogP contribution in [0.3, 0.4) is 0 Å². The molecule has 0 bridgehead atoms. The number of aryl methyl sites for hydroxylation is 1. The van der Waals surface area contributed by atoms with Gasteiger partial charge in [0.25, 0.3) is 0 Å². The van der Waals surface area contributed by atoms with Crippen LogP contribution in [0.5, 0.6) is 0 Å². The quantitative estimate of drug-likeness (QED) is 0.614. The maximum atomic E-state index is 13.9. The number of allylic oxidation sites excluding steroid dienone is 2. The van der Waals surface area contributed by atoms with Crippen LogP contribution in [0.25, 0.3) is 5.57 Å². The molecule has 1 saturated carbocycles.